The Morgan fingerprint density at radius 3 is 2.42 bits per heavy atom. The highest BCUT2D eigenvalue weighted by Gasteiger charge is 2.45. The summed E-state index contributed by atoms with van der Waals surface area (Å²) >= 11 is 0. The summed E-state index contributed by atoms with van der Waals surface area (Å²) in [6, 6.07) is 6.64. The summed E-state index contributed by atoms with van der Waals surface area (Å²) in [7, 11) is 1.64. The highest BCUT2D eigenvalue weighted by atomic mass is 16.7. The fourth-order valence-electron chi connectivity index (χ4n) is 4.17. The second-order valence-electron chi connectivity index (χ2n) is 8.54. The van der Waals surface area contributed by atoms with Crippen LogP contribution in [0.4, 0.5) is 0 Å². The summed E-state index contributed by atoms with van der Waals surface area (Å²) < 4.78 is 12.5. The van der Waals surface area contributed by atoms with Crippen LogP contribution in [0.25, 0.3) is 0 Å². The molecule has 4 atom stereocenters. The number of imide groups is 1. The lowest BCUT2D eigenvalue weighted by molar-refractivity contribution is -0.165. The number of hydrogen-bond donors (Lipinski definition) is 3. The third-order valence-electron chi connectivity index (χ3n) is 6.13. The average molecular weight is 504 g/mol. The van der Waals surface area contributed by atoms with Gasteiger partial charge < -0.3 is 19.7 Å². The number of aromatic amines is 1. The Balaban J connectivity index is 1.29. The lowest BCUT2D eigenvalue weighted by Gasteiger charge is -2.24. The van der Waals surface area contributed by atoms with Crippen molar-refractivity contribution in [3.63, 3.8) is 0 Å². The van der Waals surface area contributed by atoms with Crippen LogP contribution in [0.2, 0.25) is 0 Å². The summed E-state index contributed by atoms with van der Waals surface area (Å²) in [4.78, 5) is 57.8. The number of aromatic nitrogens is 2. The molecule has 0 spiro atoms. The molecule has 36 heavy (non-hydrogen) atoms. The molecule has 3 N–H and O–H groups in total. The molecular formula is C23H28N4O9. The van der Waals surface area contributed by atoms with Crippen molar-refractivity contribution in [2.24, 2.45) is 0 Å². The molecule has 2 aromatic rings. The predicted molar refractivity (Wildman–Crippen MR) is 123 cm³/mol. The monoisotopic (exact) mass is 504 g/mol. The van der Waals surface area contributed by atoms with E-state index < -0.39 is 42.4 Å². The number of likely N-dealkylation sites (N-methyl/N-ethyl adjacent to an activating group) is 1. The topological polar surface area (TPSA) is 164 Å². The van der Waals surface area contributed by atoms with Crippen LogP contribution >= 0.6 is 0 Å². The number of carbonyl (C=O) groups is 2. The quantitative estimate of drug-likeness (QED) is 0.200. The third kappa shape index (κ3) is 5.02. The molecule has 2 aliphatic rings. The highest BCUT2D eigenvalue weighted by molar-refractivity contribution is 6.21. The van der Waals surface area contributed by atoms with E-state index in [0.717, 1.165) is 9.47 Å². The van der Waals surface area contributed by atoms with Gasteiger partial charge >= 0.3 is 5.69 Å². The van der Waals surface area contributed by atoms with Gasteiger partial charge in [0.15, 0.2) is 6.23 Å². The largest absolute Gasteiger partial charge is 0.394 e. The van der Waals surface area contributed by atoms with Gasteiger partial charge in [-0.3, -0.25) is 33.7 Å². The van der Waals surface area contributed by atoms with E-state index in [1.807, 2.05) is 0 Å². The Kier molecular flexibility index (Phi) is 7.78. The lowest BCUT2D eigenvalue weighted by atomic mass is 10.1. The summed E-state index contributed by atoms with van der Waals surface area (Å²) in [5.41, 5.74) is -0.252. The highest BCUT2D eigenvalue weighted by Crippen LogP contribution is 2.30. The summed E-state index contributed by atoms with van der Waals surface area (Å²) in [6.45, 7) is 1.46. The summed E-state index contributed by atoms with van der Waals surface area (Å²) in [5, 5.41) is 21.5. The molecule has 0 bridgehead atoms. The van der Waals surface area contributed by atoms with Crippen LogP contribution in [0.5, 0.6) is 0 Å². The first kappa shape index (κ1) is 25.9. The average Bonchev–Trinajstić information content (AvgIpc) is 3.30. The first-order valence-electron chi connectivity index (χ1n) is 11.4. The number of rotatable bonds is 10. The second kappa shape index (κ2) is 10.8. The van der Waals surface area contributed by atoms with E-state index in [1.165, 1.54) is 18.2 Å². The van der Waals surface area contributed by atoms with Gasteiger partial charge in [-0.2, -0.15) is 5.06 Å². The molecule has 2 amide bonds. The lowest BCUT2D eigenvalue weighted by Crippen LogP contribution is -2.40. The number of carbonyl (C=O) groups excluding carboxylic acids is 2. The molecular weight excluding hydrogens is 476 g/mol. The van der Waals surface area contributed by atoms with Crippen molar-refractivity contribution < 1.29 is 34.1 Å². The fraction of sp³-hybridized carbons (Fsp3) is 0.478. The molecule has 3 heterocycles. The summed E-state index contributed by atoms with van der Waals surface area (Å²) in [5.74, 6) is -0.695. The number of hydrogen-bond acceptors (Lipinski definition) is 10. The zero-order valence-corrected chi connectivity index (χ0v) is 19.8. The molecule has 1 aromatic carbocycles. The Morgan fingerprint density at radius 2 is 1.78 bits per heavy atom. The van der Waals surface area contributed by atoms with Gasteiger partial charge in [-0.05, 0) is 19.1 Å². The number of nitrogens with zero attached hydrogens (tertiary/aromatic N) is 3. The number of aliphatic hydroxyl groups excluding tert-OH is 2. The van der Waals surface area contributed by atoms with Crippen LogP contribution in [0.3, 0.4) is 0 Å². The van der Waals surface area contributed by atoms with Crippen molar-refractivity contribution in [1.82, 2.24) is 19.5 Å². The van der Waals surface area contributed by atoms with E-state index in [0.29, 0.717) is 11.1 Å². The van der Waals surface area contributed by atoms with Crippen molar-refractivity contribution in [3.8, 4) is 0 Å². The molecule has 2 aliphatic heterocycles. The molecule has 1 aromatic heterocycles. The number of fused-ring (bicyclic) bond motifs is 1. The van der Waals surface area contributed by atoms with Crippen molar-refractivity contribution in [3.05, 3.63) is 68.0 Å². The maximum absolute atomic E-state index is 12.4. The molecule has 0 aliphatic carbocycles. The minimum atomic E-state index is -1.23. The molecule has 13 nitrogen and oxygen atoms in total. The Hall–Kier alpha value is -3.20. The molecule has 0 saturated carbocycles. The first-order valence-corrected chi connectivity index (χ1v) is 11.4. The Morgan fingerprint density at radius 1 is 1.11 bits per heavy atom. The number of benzene rings is 1. The van der Waals surface area contributed by atoms with Crippen LogP contribution < -0.4 is 11.2 Å². The second-order valence-corrected chi connectivity index (χ2v) is 8.54. The van der Waals surface area contributed by atoms with Crippen LogP contribution in [-0.4, -0.2) is 99.8 Å². The molecule has 0 unspecified atom stereocenters. The minimum Gasteiger partial charge on any atom is -0.394 e. The van der Waals surface area contributed by atoms with E-state index in [9.17, 15) is 29.4 Å². The van der Waals surface area contributed by atoms with Crippen LogP contribution in [0, 0.1) is 6.92 Å². The van der Waals surface area contributed by atoms with E-state index in [-0.39, 0.29) is 43.7 Å². The number of nitrogens with one attached hydrogen (secondary N) is 1. The standard InChI is InChI=1S/C23H28N4O9/c1-13-11-27(23(33)24-19(13)30)22-18(17(29)16(12-28)36-22)34-9-10-35-25(2)7-8-26-20(31)14-5-3-4-6-15(14)21(26)32/h3-6,11,16-18,22,28-29H,7-10,12H2,1-2H3,(H,24,30,33)/t16-,17-,18-,22-/m1/s1. The first-order chi connectivity index (χ1) is 17.2. The van der Waals surface area contributed by atoms with Gasteiger partial charge in [0.25, 0.3) is 17.4 Å². The van der Waals surface area contributed by atoms with Crippen LogP contribution in [0.1, 0.15) is 32.5 Å². The van der Waals surface area contributed by atoms with Gasteiger partial charge in [0.2, 0.25) is 0 Å². The van der Waals surface area contributed by atoms with Crippen molar-refractivity contribution >= 4 is 11.8 Å². The normalized spacial score (nSPS) is 23.6. The fourth-order valence-corrected chi connectivity index (χ4v) is 4.17. The molecule has 1 saturated heterocycles. The maximum Gasteiger partial charge on any atom is 0.330 e. The Labute approximate surface area is 205 Å². The zero-order valence-electron chi connectivity index (χ0n) is 19.8. The predicted octanol–water partition coefficient (Wildman–Crippen LogP) is -1.36. The van der Waals surface area contributed by atoms with Gasteiger partial charge in [0, 0.05) is 31.9 Å². The zero-order chi connectivity index (χ0) is 26.0. The SMILES string of the molecule is Cc1cn([C@@H]2O[C@H](CO)[C@@H](O)[C@H]2OCCON(C)CCN2C(=O)c3ccccc3C2=O)c(=O)[nH]c1=O. The molecule has 1 fully saturated rings. The van der Waals surface area contributed by atoms with Gasteiger partial charge in [-0.25, -0.2) is 4.79 Å². The Bertz CT molecular complexity index is 1210. The van der Waals surface area contributed by atoms with Gasteiger partial charge in [0.1, 0.15) is 18.3 Å². The number of hydroxylamine groups is 2. The molecule has 0 radical (unpaired) electrons. The van der Waals surface area contributed by atoms with E-state index >= 15 is 0 Å². The van der Waals surface area contributed by atoms with Crippen molar-refractivity contribution in [2.75, 3.05) is 40.0 Å². The van der Waals surface area contributed by atoms with Crippen LogP contribution in [0.15, 0.2) is 40.1 Å². The number of ether oxygens (including phenoxy) is 2. The summed E-state index contributed by atoms with van der Waals surface area (Å²) in [6.07, 6.45) is -3.00. The van der Waals surface area contributed by atoms with Gasteiger partial charge in [-0.1, -0.05) is 12.1 Å². The van der Waals surface area contributed by atoms with E-state index in [1.54, 1.807) is 31.3 Å². The third-order valence-corrected chi connectivity index (χ3v) is 6.13. The molecule has 194 valence electrons. The van der Waals surface area contributed by atoms with Crippen molar-refractivity contribution in [1.29, 1.82) is 0 Å². The van der Waals surface area contributed by atoms with E-state index in [4.69, 9.17) is 14.3 Å². The van der Waals surface area contributed by atoms with E-state index in [2.05, 4.69) is 4.98 Å². The smallest absolute Gasteiger partial charge is 0.330 e. The molecule has 4 rings (SSSR count). The van der Waals surface area contributed by atoms with Crippen LogP contribution in [-0.2, 0) is 14.3 Å². The number of aryl methyl sites for hydroxylation is 1. The van der Waals surface area contributed by atoms with Gasteiger partial charge in [0.05, 0.1) is 30.9 Å². The number of amides is 2. The minimum absolute atomic E-state index is 0.00578. The number of aliphatic hydroxyl groups is 2. The maximum atomic E-state index is 12.4. The molecule has 13 heteroatoms. The number of H-pyrrole nitrogens is 1. The van der Waals surface area contributed by atoms with Crippen molar-refractivity contribution in [2.45, 2.75) is 31.5 Å². The van der Waals surface area contributed by atoms with Gasteiger partial charge in [-0.15, -0.1) is 0 Å².